The lowest BCUT2D eigenvalue weighted by Crippen LogP contribution is -2.29. The molecule has 2 aliphatic rings. The molecule has 4 heteroatoms. The van der Waals surface area contributed by atoms with Crippen LogP contribution < -0.4 is 15.5 Å². The second kappa shape index (κ2) is 5.83. The summed E-state index contributed by atoms with van der Waals surface area (Å²) in [6.45, 7) is 5.24. The molecule has 108 valence electrons. The van der Waals surface area contributed by atoms with Gasteiger partial charge in [-0.2, -0.15) is 0 Å². The Bertz CT molecular complexity index is 494. The fraction of sp³-hybridized carbons (Fsp3) is 0.562. The summed E-state index contributed by atoms with van der Waals surface area (Å²) < 4.78 is 0. The summed E-state index contributed by atoms with van der Waals surface area (Å²) in [4.78, 5) is 14.5. The van der Waals surface area contributed by atoms with E-state index in [0.717, 1.165) is 37.3 Å². The molecule has 4 nitrogen and oxygen atoms in total. The van der Waals surface area contributed by atoms with Crippen molar-refractivity contribution in [2.75, 3.05) is 29.9 Å². The summed E-state index contributed by atoms with van der Waals surface area (Å²) in [5, 5.41) is 6.32. The third-order valence-electron chi connectivity index (χ3n) is 4.19. The number of benzene rings is 1. The van der Waals surface area contributed by atoms with Gasteiger partial charge in [-0.15, -0.1) is 0 Å². The van der Waals surface area contributed by atoms with Crippen LogP contribution in [0.2, 0.25) is 0 Å². The molecule has 0 spiro atoms. The van der Waals surface area contributed by atoms with Crippen molar-refractivity contribution in [3.63, 3.8) is 0 Å². The number of rotatable bonds is 4. The van der Waals surface area contributed by atoms with E-state index in [2.05, 4.69) is 40.7 Å². The maximum absolute atomic E-state index is 12.0. The number of amides is 1. The van der Waals surface area contributed by atoms with E-state index < -0.39 is 0 Å². The number of nitrogens with zero attached hydrogens (tertiary/aromatic N) is 1. The van der Waals surface area contributed by atoms with Crippen molar-refractivity contribution in [3.8, 4) is 0 Å². The number of nitrogens with one attached hydrogen (secondary N) is 2. The standard InChI is InChI=1S/C16H23N3O/c1-2-8-17-15-13-7-6-12(11-14(13)18-16(15)20)19-9-4-3-5-10-19/h6-7,11,15,17H,2-5,8-10H2,1H3,(H,18,20). The molecule has 0 saturated carbocycles. The smallest absolute Gasteiger partial charge is 0.246 e. The first-order valence-corrected chi connectivity index (χ1v) is 7.72. The number of fused-ring (bicyclic) bond motifs is 1. The van der Waals surface area contributed by atoms with Gasteiger partial charge in [0.2, 0.25) is 5.91 Å². The molecule has 0 aromatic heterocycles. The van der Waals surface area contributed by atoms with Crippen LogP contribution in [0.5, 0.6) is 0 Å². The van der Waals surface area contributed by atoms with E-state index in [1.54, 1.807) is 0 Å². The predicted molar refractivity (Wildman–Crippen MR) is 82.2 cm³/mol. The molecule has 1 aromatic carbocycles. The molecule has 1 atom stereocenters. The minimum absolute atomic E-state index is 0.0734. The van der Waals surface area contributed by atoms with Crippen LogP contribution >= 0.6 is 0 Å². The number of carbonyl (C=O) groups is 1. The van der Waals surface area contributed by atoms with Crippen LogP contribution in [0.3, 0.4) is 0 Å². The molecule has 0 bridgehead atoms. The van der Waals surface area contributed by atoms with Crippen molar-refractivity contribution in [1.82, 2.24) is 5.32 Å². The zero-order valence-corrected chi connectivity index (χ0v) is 12.1. The van der Waals surface area contributed by atoms with Gasteiger partial charge in [0.1, 0.15) is 6.04 Å². The predicted octanol–water partition coefficient (Wildman–Crippen LogP) is 2.67. The monoisotopic (exact) mass is 273 g/mol. The number of anilines is 2. The SMILES string of the molecule is CCCNC1C(=O)Nc2cc(N3CCCCC3)ccc21. The van der Waals surface area contributed by atoms with Gasteiger partial charge in [0, 0.05) is 30.0 Å². The molecule has 0 radical (unpaired) electrons. The highest BCUT2D eigenvalue weighted by Gasteiger charge is 2.30. The van der Waals surface area contributed by atoms with Gasteiger partial charge in [0.05, 0.1) is 0 Å². The average molecular weight is 273 g/mol. The summed E-state index contributed by atoms with van der Waals surface area (Å²) in [5.41, 5.74) is 3.30. The zero-order valence-electron chi connectivity index (χ0n) is 12.1. The van der Waals surface area contributed by atoms with Crippen LogP contribution in [0.1, 0.15) is 44.2 Å². The third-order valence-corrected chi connectivity index (χ3v) is 4.19. The molecule has 3 rings (SSSR count). The van der Waals surface area contributed by atoms with Crippen molar-refractivity contribution < 1.29 is 4.79 Å². The summed E-state index contributed by atoms with van der Waals surface area (Å²) in [6, 6.07) is 6.21. The number of hydrogen-bond donors (Lipinski definition) is 2. The lowest BCUT2D eigenvalue weighted by Gasteiger charge is -2.29. The van der Waals surface area contributed by atoms with E-state index in [0.29, 0.717) is 0 Å². The van der Waals surface area contributed by atoms with E-state index >= 15 is 0 Å². The van der Waals surface area contributed by atoms with Crippen molar-refractivity contribution >= 4 is 17.3 Å². The Labute approximate surface area is 120 Å². The molecule has 20 heavy (non-hydrogen) atoms. The third kappa shape index (κ3) is 2.52. The molecule has 2 heterocycles. The van der Waals surface area contributed by atoms with E-state index in [1.165, 1.54) is 24.9 Å². The molecule has 1 unspecified atom stereocenters. The molecular formula is C16H23N3O. The Balaban J connectivity index is 1.80. The van der Waals surface area contributed by atoms with Gasteiger partial charge in [-0.05, 0) is 44.4 Å². The highest BCUT2D eigenvalue weighted by Crippen LogP contribution is 2.34. The number of piperidine rings is 1. The maximum atomic E-state index is 12.0. The Morgan fingerprint density at radius 3 is 2.85 bits per heavy atom. The summed E-state index contributed by atoms with van der Waals surface area (Å²) in [6.07, 6.45) is 4.90. The zero-order chi connectivity index (χ0) is 13.9. The second-order valence-electron chi connectivity index (χ2n) is 5.70. The highest BCUT2D eigenvalue weighted by atomic mass is 16.2. The van der Waals surface area contributed by atoms with Gasteiger partial charge in [-0.1, -0.05) is 13.0 Å². The van der Waals surface area contributed by atoms with Crippen LogP contribution in [-0.2, 0) is 4.79 Å². The Kier molecular flexibility index (Phi) is 3.92. The Morgan fingerprint density at radius 1 is 1.30 bits per heavy atom. The molecule has 1 aromatic rings. The molecule has 1 fully saturated rings. The van der Waals surface area contributed by atoms with E-state index in [4.69, 9.17) is 0 Å². The topological polar surface area (TPSA) is 44.4 Å². The fourth-order valence-electron chi connectivity index (χ4n) is 3.09. The summed E-state index contributed by atoms with van der Waals surface area (Å²) in [7, 11) is 0. The second-order valence-corrected chi connectivity index (χ2v) is 5.70. The van der Waals surface area contributed by atoms with Gasteiger partial charge in [0.15, 0.2) is 0 Å². The van der Waals surface area contributed by atoms with Gasteiger partial charge in [0.25, 0.3) is 0 Å². The quantitative estimate of drug-likeness (QED) is 0.886. The van der Waals surface area contributed by atoms with Crippen molar-refractivity contribution in [2.45, 2.75) is 38.6 Å². The van der Waals surface area contributed by atoms with Gasteiger partial charge in [-0.3, -0.25) is 4.79 Å². The minimum atomic E-state index is -0.180. The van der Waals surface area contributed by atoms with E-state index in [9.17, 15) is 4.79 Å². The lowest BCUT2D eigenvalue weighted by atomic mass is 10.1. The maximum Gasteiger partial charge on any atom is 0.246 e. The van der Waals surface area contributed by atoms with E-state index in [1.807, 2.05) is 0 Å². The lowest BCUT2D eigenvalue weighted by molar-refractivity contribution is -0.117. The number of carbonyl (C=O) groups excluding carboxylic acids is 1. The van der Waals surface area contributed by atoms with Crippen LogP contribution in [0.25, 0.3) is 0 Å². The molecular weight excluding hydrogens is 250 g/mol. The first kappa shape index (κ1) is 13.4. The van der Waals surface area contributed by atoms with E-state index in [-0.39, 0.29) is 11.9 Å². The average Bonchev–Trinajstić information content (AvgIpc) is 2.80. The van der Waals surface area contributed by atoms with Crippen molar-refractivity contribution in [1.29, 1.82) is 0 Å². The molecule has 2 aliphatic heterocycles. The molecule has 2 N–H and O–H groups in total. The Morgan fingerprint density at radius 2 is 2.10 bits per heavy atom. The van der Waals surface area contributed by atoms with Gasteiger partial charge < -0.3 is 15.5 Å². The summed E-state index contributed by atoms with van der Waals surface area (Å²) >= 11 is 0. The van der Waals surface area contributed by atoms with Crippen LogP contribution in [0.15, 0.2) is 18.2 Å². The molecule has 1 amide bonds. The van der Waals surface area contributed by atoms with Gasteiger partial charge in [-0.25, -0.2) is 0 Å². The normalized spacial score (nSPS) is 21.8. The van der Waals surface area contributed by atoms with Crippen LogP contribution in [0.4, 0.5) is 11.4 Å². The first-order valence-electron chi connectivity index (χ1n) is 7.72. The highest BCUT2D eigenvalue weighted by molar-refractivity contribution is 6.03. The van der Waals surface area contributed by atoms with Crippen molar-refractivity contribution in [2.24, 2.45) is 0 Å². The minimum Gasteiger partial charge on any atom is -0.371 e. The fourth-order valence-corrected chi connectivity index (χ4v) is 3.09. The van der Waals surface area contributed by atoms with Gasteiger partial charge >= 0.3 is 0 Å². The van der Waals surface area contributed by atoms with Crippen molar-refractivity contribution in [3.05, 3.63) is 23.8 Å². The number of hydrogen-bond acceptors (Lipinski definition) is 3. The van der Waals surface area contributed by atoms with Crippen LogP contribution in [0, 0.1) is 0 Å². The first-order chi connectivity index (χ1) is 9.79. The molecule has 0 aliphatic carbocycles. The largest absolute Gasteiger partial charge is 0.371 e. The van der Waals surface area contributed by atoms with Crippen LogP contribution in [-0.4, -0.2) is 25.5 Å². The molecule has 1 saturated heterocycles. The summed E-state index contributed by atoms with van der Waals surface area (Å²) in [5.74, 6) is 0.0734. The Hall–Kier alpha value is -1.55.